The molecule has 0 bridgehead atoms. The number of barbiturate groups is 1. The van der Waals surface area contributed by atoms with Crippen LogP contribution >= 0.6 is 0 Å². The molecule has 0 unspecified atom stereocenters. The van der Waals surface area contributed by atoms with Gasteiger partial charge in [0.1, 0.15) is 11.6 Å². The fourth-order valence-electron chi connectivity index (χ4n) is 4.24. The summed E-state index contributed by atoms with van der Waals surface area (Å²) in [5.74, 6) is -2.79. The number of urea groups is 2. The van der Waals surface area contributed by atoms with Gasteiger partial charge in [-0.05, 0) is 35.4 Å². The molecular weight excluding hydrogens is 410 g/mol. The normalized spacial score (nSPS) is 23.1. The fraction of sp³-hybridized carbons (Fsp3) is 0.238. The van der Waals surface area contributed by atoms with E-state index in [1.165, 1.54) is 38.4 Å². The van der Waals surface area contributed by atoms with E-state index >= 15 is 0 Å². The highest BCUT2D eigenvalue weighted by Crippen LogP contribution is 2.50. The number of carbonyl (C=O) groups excluding carboxylic acids is 4. The number of carbonyl (C=O) groups is 4. The second-order valence-electron chi connectivity index (χ2n) is 7.47. The molecule has 2 saturated heterocycles. The van der Waals surface area contributed by atoms with Crippen molar-refractivity contribution in [1.82, 2.24) is 20.4 Å². The molecule has 0 radical (unpaired) electrons. The number of benzene rings is 2. The van der Waals surface area contributed by atoms with Crippen LogP contribution in [0.3, 0.4) is 0 Å². The van der Waals surface area contributed by atoms with Gasteiger partial charge < -0.3 is 10.6 Å². The Kier molecular flexibility index (Phi) is 4.72. The van der Waals surface area contributed by atoms with Gasteiger partial charge in [-0.3, -0.25) is 19.4 Å². The Labute approximate surface area is 175 Å². The van der Waals surface area contributed by atoms with E-state index in [-0.39, 0.29) is 0 Å². The van der Waals surface area contributed by atoms with Crippen molar-refractivity contribution in [3.05, 3.63) is 71.3 Å². The topological polar surface area (TPSA) is 98.8 Å². The Balaban J connectivity index is 1.99. The van der Waals surface area contributed by atoms with Gasteiger partial charge >= 0.3 is 12.1 Å². The summed E-state index contributed by atoms with van der Waals surface area (Å²) in [6.07, 6.45) is 0. The van der Waals surface area contributed by atoms with E-state index in [1.54, 1.807) is 0 Å². The molecule has 10 heteroatoms. The lowest BCUT2D eigenvalue weighted by Crippen LogP contribution is -2.73. The molecule has 160 valence electrons. The minimum Gasteiger partial charge on any atom is -0.330 e. The lowest BCUT2D eigenvalue weighted by molar-refractivity contribution is -0.163. The molecule has 2 aromatic rings. The molecule has 31 heavy (non-hydrogen) atoms. The van der Waals surface area contributed by atoms with Crippen molar-refractivity contribution in [2.45, 2.75) is 12.1 Å². The molecular formula is C21H18F2N4O4. The summed E-state index contributed by atoms with van der Waals surface area (Å²) in [4.78, 5) is 53.7. The lowest BCUT2D eigenvalue weighted by Gasteiger charge is -2.52. The average Bonchev–Trinajstić information content (AvgIpc) is 2.76. The van der Waals surface area contributed by atoms with Gasteiger partial charge in [0, 0.05) is 14.1 Å². The Hall–Kier alpha value is -3.82. The first kappa shape index (κ1) is 20.5. The molecule has 1 spiro atoms. The molecule has 2 aliphatic heterocycles. The van der Waals surface area contributed by atoms with Crippen molar-refractivity contribution in [2.75, 3.05) is 14.1 Å². The summed E-state index contributed by atoms with van der Waals surface area (Å²) < 4.78 is 27.1. The van der Waals surface area contributed by atoms with E-state index in [0.717, 1.165) is 34.1 Å². The predicted octanol–water partition coefficient (Wildman–Crippen LogP) is 2.10. The van der Waals surface area contributed by atoms with Gasteiger partial charge in [-0.15, -0.1) is 0 Å². The van der Waals surface area contributed by atoms with Crippen LogP contribution in [0.15, 0.2) is 48.5 Å². The molecule has 2 atom stereocenters. The number of rotatable bonds is 2. The van der Waals surface area contributed by atoms with Crippen molar-refractivity contribution in [2.24, 2.45) is 5.41 Å². The second-order valence-corrected chi connectivity index (χ2v) is 7.47. The number of imide groups is 2. The van der Waals surface area contributed by atoms with Crippen LogP contribution in [0, 0.1) is 17.0 Å². The van der Waals surface area contributed by atoms with Crippen LogP contribution in [0.4, 0.5) is 18.4 Å². The summed E-state index contributed by atoms with van der Waals surface area (Å²) in [7, 11) is 2.46. The number of hydrogen-bond acceptors (Lipinski definition) is 4. The Morgan fingerprint density at radius 3 is 1.42 bits per heavy atom. The summed E-state index contributed by atoms with van der Waals surface area (Å²) in [5, 5.41) is 5.18. The van der Waals surface area contributed by atoms with Gasteiger partial charge in [0.05, 0.1) is 12.1 Å². The SMILES string of the molecule is CN1C(=O)N(C)C(=O)C2(C1=O)[C@@H](c1ccc(F)cc1)NC(=O)N[C@H]2c1ccc(F)cc1. The molecule has 6 amide bonds. The first-order chi connectivity index (χ1) is 14.7. The van der Waals surface area contributed by atoms with Crippen LogP contribution in [-0.2, 0) is 9.59 Å². The minimum atomic E-state index is -2.03. The summed E-state index contributed by atoms with van der Waals surface area (Å²) in [6.45, 7) is 0. The van der Waals surface area contributed by atoms with E-state index in [9.17, 15) is 28.0 Å². The molecule has 2 heterocycles. The maximum atomic E-state index is 13.6. The Bertz CT molecular complexity index is 1000. The monoisotopic (exact) mass is 428 g/mol. The van der Waals surface area contributed by atoms with E-state index in [1.807, 2.05) is 0 Å². The number of hydrogen-bond donors (Lipinski definition) is 2. The van der Waals surface area contributed by atoms with Gasteiger partial charge in [0.2, 0.25) is 0 Å². The molecule has 2 aliphatic rings. The van der Waals surface area contributed by atoms with E-state index < -0.39 is 53.0 Å². The van der Waals surface area contributed by atoms with Crippen LogP contribution in [0.25, 0.3) is 0 Å². The molecule has 4 rings (SSSR count). The standard InChI is InChI=1S/C21H18F2N4O4/c1-26-17(28)21(18(29)27(2)20(26)31)15(11-3-7-13(22)8-4-11)24-19(30)25-16(21)12-5-9-14(23)10-6-12/h3-10,15-16H,1-2H3,(H2,24,25,30)/t15-,16+. The highest BCUT2D eigenvalue weighted by molar-refractivity contribution is 6.20. The summed E-state index contributed by atoms with van der Waals surface area (Å²) >= 11 is 0. The molecule has 2 fully saturated rings. The largest absolute Gasteiger partial charge is 0.332 e. The third-order valence-electron chi connectivity index (χ3n) is 5.76. The number of halogens is 2. The second kappa shape index (κ2) is 7.15. The smallest absolute Gasteiger partial charge is 0.330 e. The number of nitrogens with zero attached hydrogens (tertiary/aromatic N) is 2. The van der Waals surface area contributed by atoms with Crippen LogP contribution in [0.5, 0.6) is 0 Å². The first-order valence-corrected chi connectivity index (χ1v) is 9.36. The Morgan fingerprint density at radius 1 is 0.710 bits per heavy atom. The van der Waals surface area contributed by atoms with Crippen molar-refractivity contribution >= 4 is 23.9 Å². The van der Waals surface area contributed by atoms with Crippen molar-refractivity contribution in [1.29, 1.82) is 0 Å². The van der Waals surface area contributed by atoms with Crippen molar-refractivity contribution < 1.29 is 28.0 Å². The van der Waals surface area contributed by atoms with Gasteiger partial charge in [-0.1, -0.05) is 24.3 Å². The average molecular weight is 428 g/mol. The minimum absolute atomic E-state index is 0.293. The predicted molar refractivity (Wildman–Crippen MR) is 103 cm³/mol. The van der Waals surface area contributed by atoms with Crippen molar-refractivity contribution in [3.63, 3.8) is 0 Å². The van der Waals surface area contributed by atoms with Crippen LogP contribution in [0.1, 0.15) is 23.2 Å². The van der Waals surface area contributed by atoms with Gasteiger partial charge in [0.25, 0.3) is 11.8 Å². The third-order valence-corrected chi connectivity index (χ3v) is 5.76. The maximum absolute atomic E-state index is 13.6. The van der Waals surface area contributed by atoms with Gasteiger partial charge in [-0.2, -0.15) is 0 Å². The van der Waals surface area contributed by atoms with Gasteiger partial charge in [-0.25, -0.2) is 18.4 Å². The summed E-state index contributed by atoms with van der Waals surface area (Å²) in [6, 6.07) is 6.01. The third kappa shape index (κ3) is 2.94. The molecule has 0 aromatic heterocycles. The van der Waals surface area contributed by atoms with Crippen LogP contribution in [-0.4, -0.2) is 47.8 Å². The zero-order valence-corrected chi connectivity index (χ0v) is 16.6. The quantitative estimate of drug-likeness (QED) is 0.716. The zero-order valence-electron chi connectivity index (χ0n) is 16.6. The molecule has 2 N–H and O–H groups in total. The molecule has 8 nitrogen and oxygen atoms in total. The molecule has 0 saturated carbocycles. The van der Waals surface area contributed by atoms with Crippen LogP contribution < -0.4 is 10.6 Å². The van der Waals surface area contributed by atoms with E-state index in [4.69, 9.17) is 0 Å². The van der Waals surface area contributed by atoms with E-state index in [0.29, 0.717) is 11.1 Å². The fourth-order valence-corrected chi connectivity index (χ4v) is 4.24. The van der Waals surface area contributed by atoms with Crippen LogP contribution in [0.2, 0.25) is 0 Å². The number of amides is 6. The zero-order chi connectivity index (χ0) is 22.5. The highest BCUT2D eigenvalue weighted by Gasteiger charge is 2.67. The van der Waals surface area contributed by atoms with Crippen molar-refractivity contribution in [3.8, 4) is 0 Å². The van der Waals surface area contributed by atoms with Gasteiger partial charge in [0.15, 0.2) is 5.41 Å². The molecule has 2 aromatic carbocycles. The Morgan fingerprint density at radius 2 is 1.06 bits per heavy atom. The first-order valence-electron chi connectivity index (χ1n) is 9.36. The molecule has 0 aliphatic carbocycles. The maximum Gasteiger partial charge on any atom is 0.332 e. The van der Waals surface area contributed by atoms with E-state index in [2.05, 4.69) is 10.6 Å². The lowest BCUT2D eigenvalue weighted by atomic mass is 9.65. The summed E-state index contributed by atoms with van der Waals surface area (Å²) in [5.41, 5.74) is -1.44. The number of nitrogens with one attached hydrogen (secondary N) is 2. The highest BCUT2D eigenvalue weighted by atomic mass is 19.1.